The van der Waals surface area contributed by atoms with Crippen molar-refractivity contribution < 1.29 is 0 Å². The van der Waals surface area contributed by atoms with Gasteiger partial charge < -0.3 is 5.73 Å². The molecule has 0 unspecified atom stereocenters. The maximum atomic E-state index is 6.24. The number of hydrogen-bond acceptors (Lipinski definition) is 4. The Morgan fingerprint density at radius 2 is 2.00 bits per heavy atom. The van der Waals surface area contributed by atoms with Gasteiger partial charge >= 0.3 is 0 Å². The van der Waals surface area contributed by atoms with Crippen LogP contribution in [0.3, 0.4) is 0 Å². The number of fused-ring (bicyclic) bond motifs is 1. The molecular weight excluding hydrogens is 298 g/mol. The smallest absolute Gasteiger partial charge is 0.162 e. The van der Waals surface area contributed by atoms with E-state index >= 15 is 0 Å². The van der Waals surface area contributed by atoms with E-state index in [0.717, 1.165) is 17.5 Å². The topological polar surface area (TPSA) is 69.6 Å². The Balaban J connectivity index is 2.23. The van der Waals surface area contributed by atoms with Gasteiger partial charge in [0.05, 0.1) is 11.0 Å². The molecule has 2 heterocycles. The molecule has 0 radical (unpaired) electrons. The van der Waals surface area contributed by atoms with Gasteiger partial charge in [-0.15, -0.1) is 0 Å². The van der Waals surface area contributed by atoms with Gasteiger partial charge in [-0.1, -0.05) is 31.5 Å². The van der Waals surface area contributed by atoms with Crippen molar-refractivity contribution in [1.29, 1.82) is 0 Å². The molecule has 3 aromatic rings. The molecule has 0 aliphatic rings. The molecule has 1 aromatic carbocycles. The molecule has 114 valence electrons. The van der Waals surface area contributed by atoms with Gasteiger partial charge in [0.15, 0.2) is 5.82 Å². The first kappa shape index (κ1) is 14.8. The molecule has 22 heavy (non-hydrogen) atoms. The maximum Gasteiger partial charge on any atom is 0.162 e. The van der Waals surface area contributed by atoms with Gasteiger partial charge in [0.2, 0.25) is 0 Å². The lowest BCUT2D eigenvalue weighted by molar-refractivity contribution is 0.647. The lowest BCUT2D eigenvalue weighted by Crippen LogP contribution is -2.02. The Morgan fingerprint density at radius 1 is 1.23 bits per heavy atom. The Kier molecular flexibility index (Phi) is 3.74. The van der Waals surface area contributed by atoms with E-state index in [9.17, 15) is 0 Å². The molecule has 2 N–H and O–H groups in total. The van der Waals surface area contributed by atoms with Gasteiger partial charge in [0.1, 0.15) is 23.5 Å². The molecule has 0 aliphatic heterocycles. The molecule has 5 nitrogen and oxygen atoms in total. The standard InChI is InChI=1S/C16H18ClN5/c1-9(2)6-11-10(3)4-5-12-14(11)21-8-22(12)16-13(17)15(18)19-7-20-16/h4-5,7-9H,6H2,1-3H3,(H2,18,19,20). The molecule has 0 amide bonds. The molecule has 3 rings (SSSR count). The van der Waals surface area contributed by atoms with Crippen molar-refractivity contribution in [2.24, 2.45) is 5.92 Å². The summed E-state index contributed by atoms with van der Waals surface area (Å²) in [6.07, 6.45) is 4.13. The lowest BCUT2D eigenvalue weighted by atomic mass is 9.97. The number of hydrogen-bond donors (Lipinski definition) is 1. The molecule has 6 heteroatoms. The van der Waals surface area contributed by atoms with Crippen LogP contribution in [0.25, 0.3) is 16.9 Å². The number of aryl methyl sites for hydroxylation is 1. The highest BCUT2D eigenvalue weighted by Crippen LogP contribution is 2.29. The second kappa shape index (κ2) is 5.57. The predicted molar refractivity (Wildman–Crippen MR) is 89.4 cm³/mol. The summed E-state index contributed by atoms with van der Waals surface area (Å²) < 4.78 is 1.86. The monoisotopic (exact) mass is 315 g/mol. The molecule has 0 fully saturated rings. The van der Waals surface area contributed by atoms with E-state index in [1.165, 1.54) is 17.5 Å². The van der Waals surface area contributed by atoms with Crippen LogP contribution in [0.4, 0.5) is 5.82 Å². The zero-order chi connectivity index (χ0) is 15.9. The fourth-order valence-electron chi connectivity index (χ4n) is 2.62. The Bertz CT molecular complexity index is 838. The Hall–Kier alpha value is -2.14. The van der Waals surface area contributed by atoms with Crippen molar-refractivity contribution in [3.63, 3.8) is 0 Å². The van der Waals surface area contributed by atoms with Gasteiger partial charge in [-0.2, -0.15) is 0 Å². The van der Waals surface area contributed by atoms with Crippen LogP contribution in [0.15, 0.2) is 24.8 Å². The number of imidazole rings is 1. The summed E-state index contributed by atoms with van der Waals surface area (Å²) in [4.78, 5) is 12.7. The summed E-state index contributed by atoms with van der Waals surface area (Å²) in [6, 6.07) is 4.15. The summed E-state index contributed by atoms with van der Waals surface area (Å²) in [5, 5.41) is 0.341. The minimum absolute atomic E-state index is 0.267. The van der Waals surface area contributed by atoms with E-state index in [4.69, 9.17) is 17.3 Å². The molecule has 0 saturated heterocycles. The van der Waals surface area contributed by atoms with Crippen molar-refractivity contribution in [3.8, 4) is 5.82 Å². The number of benzene rings is 1. The first-order chi connectivity index (χ1) is 10.5. The van der Waals surface area contributed by atoms with Crippen LogP contribution in [0.5, 0.6) is 0 Å². The van der Waals surface area contributed by atoms with E-state index in [2.05, 4.69) is 41.8 Å². The van der Waals surface area contributed by atoms with Gasteiger partial charge in [0.25, 0.3) is 0 Å². The molecule has 2 aromatic heterocycles. The van der Waals surface area contributed by atoms with Crippen LogP contribution in [0, 0.1) is 12.8 Å². The van der Waals surface area contributed by atoms with Crippen LogP contribution < -0.4 is 5.73 Å². The number of nitrogen functional groups attached to an aromatic ring is 1. The molecular formula is C16H18ClN5. The first-order valence-electron chi connectivity index (χ1n) is 7.21. The highest BCUT2D eigenvalue weighted by Gasteiger charge is 2.15. The third kappa shape index (κ3) is 2.41. The average Bonchev–Trinajstić information content (AvgIpc) is 2.89. The van der Waals surface area contributed by atoms with Crippen LogP contribution >= 0.6 is 11.6 Å². The maximum absolute atomic E-state index is 6.24. The summed E-state index contributed by atoms with van der Waals surface area (Å²) in [5.74, 6) is 1.38. The van der Waals surface area contributed by atoms with E-state index in [1.54, 1.807) is 6.33 Å². The van der Waals surface area contributed by atoms with E-state index in [1.807, 2.05) is 10.6 Å². The van der Waals surface area contributed by atoms with Crippen molar-refractivity contribution in [3.05, 3.63) is 40.9 Å². The van der Waals surface area contributed by atoms with Crippen molar-refractivity contribution >= 4 is 28.5 Å². The predicted octanol–water partition coefficient (Wildman–Crippen LogP) is 3.56. The third-order valence-corrected chi connectivity index (χ3v) is 4.06. The summed E-state index contributed by atoms with van der Waals surface area (Å²) >= 11 is 6.24. The van der Waals surface area contributed by atoms with Crippen LogP contribution in [0.2, 0.25) is 5.02 Å². The number of halogens is 1. The van der Waals surface area contributed by atoms with Crippen molar-refractivity contribution in [1.82, 2.24) is 19.5 Å². The molecule has 0 aliphatic carbocycles. The van der Waals surface area contributed by atoms with E-state index < -0.39 is 0 Å². The number of anilines is 1. The van der Waals surface area contributed by atoms with Crippen LogP contribution in [-0.4, -0.2) is 19.5 Å². The highest BCUT2D eigenvalue weighted by atomic mass is 35.5. The van der Waals surface area contributed by atoms with Crippen molar-refractivity contribution in [2.75, 3.05) is 5.73 Å². The van der Waals surface area contributed by atoms with E-state index in [-0.39, 0.29) is 5.82 Å². The normalized spacial score (nSPS) is 11.5. The second-order valence-electron chi connectivity index (χ2n) is 5.84. The van der Waals surface area contributed by atoms with Crippen molar-refractivity contribution in [2.45, 2.75) is 27.2 Å². The Labute approximate surface area is 134 Å². The average molecular weight is 316 g/mol. The van der Waals surface area contributed by atoms with Crippen LogP contribution in [0.1, 0.15) is 25.0 Å². The minimum Gasteiger partial charge on any atom is -0.382 e. The van der Waals surface area contributed by atoms with Crippen LogP contribution in [-0.2, 0) is 6.42 Å². The van der Waals surface area contributed by atoms with E-state index in [0.29, 0.717) is 16.8 Å². The van der Waals surface area contributed by atoms with Gasteiger partial charge in [-0.25, -0.2) is 15.0 Å². The molecule has 0 spiro atoms. The second-order valence-corrected chi connectivity index (χ2v) is 6.22. The quantitative estimate of drug-likeness (QED) is 0.802. The van der Waals surface area contributed by atoms with Gasteiger partial charge in [-0.05, 0) is 36.5 Å². The molecule has 0 bridgehead atoms. The number of aromatic nitrogens is 4. The molecule has 0 atom stereocenters. The fraction of sp³-hybridized carbons (Fsp3) is 0.312. The minimum atomic E-state index is 0.267. The number of nitrogens with two attached hydrogens (primary N) is 1. The van der Waals surface area contributed by atoms with Gasteiger partial charge in [-0.3, -0.25) is 4.57 Å². The number of rotatable bonds is 3. The summed E-state index contributed by atoms with van der Waals surface area (Å²) in [6.45, 7) is 6.53. The number of nitrogens with zero attached hydrogens (tertiary/aromatic N) is 4. The fourth-order valence-corrected chi connectivity index (χ4v) is 2.81. The zero-order valence-corrected chi connectivity index (χ0v) is 13.6. The summed E-state index contributed by atoms with van der Waals surface area (Å²) in [7, 11) is 0. The zero-order valence-electron chi connectivity index (χ0n) is 12.8. The SMILES string of the molecule is Cc1ccc2c(ncn2-c2ncnc(N)c2Cl)c1CC(C)C. The van der Waals surface area contributed by atoms with Gasteiger partial charge in [0, 0.05) is 0 Å². The summed E-state index contributed by atoms with van der Waals surface area (Å²) in [5.41, 5.74) is 10.3. The third-order valence-electron chi connectivity index (χ3n) is 3.70. The first-order valence-corrected chi connectivity index (χ1v) is 7.58. The Morgan fingerprint density at radius 3 is 2.73 bits per heavy atom. The lowest BCUT2D eigenvalue weighted by Gasteiger charge is -2.11. The molecule has 0 saturated carbocycles. The largest absolute Gasteiger partial charge is 0.382 e. The highest BCUT2D eigenvalue weighted by molar-refractivity contribution is 6.34.